The van der Waals surface area contributed by atoms with Crippen LogP contribution in [0.4, 0.5) is 0 Å². The van der Waals surface area contributed by atoms with Crippen molar-refractivity contribution in [3.63, 3.8) is 0 Å². The van der Waals surface area contributed by atoms with Crippen molar-refractivity contribution >= 4 is 15.6 Å². The minimum absolute atomic E-state index is 1.27. The van der Waals surface area contributed by atoms with E-state index in [1.54, 1.807) is 0 Å². The summed E-state index contributed by atoms with van der Waals surface area (Å²) in [5.41, 5.74) is 0. The quantitative estimate of drug-likeness (QED) is 0.547. The number of allylic oxidation sites excluding steroid dienone is 1. The summed E-state index contributed by atoms with van der Waals surface area (Å²) in [6, 6.07) is 0. The zero-order valence-electron chi connectivity index (χ0n) is 7.69. The van der Waals surface area contributed by atoms with Crippen LogP contribution in [0.1, 0.15) is 13.8 Å². The average Bonchev–Trinajstić information content (AvgIpc) is 1.80. The molecule has 85 valence electrons. The Morgan fingerprint density at radius 3 is 1.36 bits per heavy atom. The van der Waals surface area contributed by atoms with Crippen LogP contribution in [0.3, 0.4) is 0 Å². The molecular weight excluding hydrogens is 234 g/mol. The van der Waals surface area contributed by atoms with Crippen molar-refractivity contribution in [3.8, 4) is 0 Å². The monoisotopic (exact) mass is 247 g/mol. The van der Waals surface area contributed by atoms with Gasteiger partial charge in [-0.2, -0.15) is 4.31 Å². The molecule has 9 heteroatoms. The standard InChI is InChI=1S/C5H9.H4O7P2/c1-4-5(2)3;1-8(2,3)7-9(4,5)6/h4H,1H2,2-3H3;(H2,1,2,3)(H2,4,5,6). The van der Waals surface area contributed by atoms with Crippen molar-refractivity contribution in [2.24, 2.45) is 0 Å². The van der Waals surface area contributed by atoms with Gasteiger partial charge in [-0.1, -0.05) is 19.9 Å². The van der Waals surface area contributed by atoms with Crippen molar-refractivity contribution in [2.75, 3.05) is 0 Å². The second-order valence-corrected chi connectivity index (χ2v) is 4.96. The Hall–Kier alpha value is -0.0000000000000000971. The lowest BCUT2D eigenvalue weighted by atomic mass is 10.2. The van der Waals surface area contributed by atoms with Crippen LogP contribution in [0.5, 0.6) is 0 Å². The van der Waals surface area contributed by atoms with E-state index in [0.717, 1.165) is 0 Å². The van der Waals surface area contributed by atoms with E-state index in [-0.39, 0.29) is 0 Å². The first-order chi connectivity index (χ1) is 5.98. The predicted octanol–water partition coefficient (Wildman–Crippen LogP) is 0.975. The highest BCUT2D eigenvalue weighted by atomic mass is 31.3. The number of phosphoric acid groups is 2. The Kier molecular flexibility index (Phi) is 7.60. The molecule has 0 aromatic carbocycles. The largest absolute Gasteiger partial charge is 0.478 e. The summed E-state index contributed by atoms with van der Waals surface area (Å²) in [5, 5.41) is 0. The summed E-state index contributed by atoms with van der Waals surface area (Å²) in [6.07, 6.45) is 1.83. The molecule has 0 bridgehead atoms. The summed E-state index contributed by atoms with van der Waals surface area (Å²) in [7, 11) is -10.1. The molecule has 0 amide bonds. The fraction of sp³-hybridized carbons (Fsp3) is 0.400. The molecule has 0 spiro atoms. The van der Waals surface area contributed by atoms with Crippen molar-refractivity contribution in [3.05, 3.63) is 18.6 Å². The third-order valence-electron chi connectivity index (χ3n) is 0.621. The highest BCUT2D eigenvalue weighted by Crippen LogP contribution is 2.53. The van der Waals surface area contributed by atoms with Gasteiger partial charge in [-0.25, -0.2) is 9.13 Å². The zero-order valence-corrected chi connectivity index (χ0v) is 9.48. The van der Waals surface area contributed by atoms with Crippen LogP contribution in [-0.2, 0) is 13.4 Å². The van der Waals surface area contributed by atoms with Crippen LogP contribution in [0.15, 0.2) is 12.7 Å². The number of hydrogen-bond donors (Lipinski definition) is 4. The van der Waals surface area contributed by atoms with E-state index in [1.165, 1.54) is 5.92 Å². The molecule has 7 nitrogen and oxygen atoms in total. The number of rotatable bonds is 3. The third-order valence-corrected chi connectivity index (χ3v) is 2.32. The van der Waals surface area contributed by atoms with Gasteiger partial charge in [0.1, 0.15) is 0 Å². The van der Waals surface area contributed by atoms with Crippen LogP contribution in [0.2, 0.25) is 0 Å². The van der Waals surface area contributed by atoms with E-state index in [2.05, 4.69) is 10.9 Å². The lowest BCUT2D eigenvalue weighted by Crippen LogP contribution is -1.84. The molecule has 0 aliphatic rings. The van der Waals surface area contributed by atoms with Gasteiger partial charge in [-0.3, -0.25) is 0 Å². The maximum atomic E-state index is 9.63. The van der Waals surface area contributed by atoms with Crippen LogP contribution < -0.4 is 0 Å². The molecule has 0 saturated heterocycles. The first-order valence-electron chi connectivity index (χ1n) is 3.23. The topological polar surface area (TPSA) is 124 Å². The van der Waals surface area contributed by atoms with E-state index in [4.69, 9.17) is 19.6 Å². The second-order valence-electron chi connectivity index (χ2n) is 2.34. The van der Waals surface area contributed by atoms with Crippen molar-refractivity contribution < 1.29 is 33.0 Å². The van der Waals surface area contributed by atoms with Gasteiger partial charge >= 0.3 is 15.6 Å². The molecule has 0 rings (SSSR count). The first-order valence-corrected chi connectivity index (χ1v) is 6.29. The summed E-state index contributed by atoms with van der Waals surface area (Å²) >= 11 is 0. The van der Waals surface area contributed by atoms with E-state index >= 15 is 0 Å². The molecule has 0 aliphatic heterocycles. The van der Waals surface area contributed by atoms with Gasteiger partial charge in [0.2, 0.25) is 0 Å². The van der Waals surface area contributed by atoms with Gasteiger partial charge in [0.15, 0.2) is 0 Å². The second kappa shape index (κ2) is 6.48. The predicted molar refractivity (Wildman–Crippen MR) is 50.0 cm³/mol. The van der Waals surface area contributed by atoms with Gasteiger partial charge < -0.3 is 19.6 Å². The lowest BCUT2D eigenvalue weighted by molar-refractivity contribution is 0.225. The van der Waals surface area contributed by atoms with Crippen LogP contribution in [0, 0.1) is 5.92 Å². The molecule has 0 aromatic heterocycles. The summed E-state index contributed by atoms with van der Waals surface area (Å²) in [4.78, 5) is 31.0. The van der Waals surface area contributed by atoms with Gasteiger partial charge in [-0.05, 0) is 5.92 Å². The molecule has 0 atom stereocenters. The zero-order chi connectivity index (χ0) is 12.0. The van der Waals surface area contributed by atoms with Crippen molar-refractivity contribution in [1.29, 1.82) is 0 Å². The minimum Gasteiger partial charge on any atom is -0.302 e. The Morgan fingerprint density at radius 2 is 1.36 bits per heavy atom. The fourth-order valence-corrected chi connectivity index (χ4v) is 1.25. The van der Waals surface area contributed by atoms with Crippen LogP contribution in [0.25, 0.3) is 0 Å². The molecule has 1 radical (unpaired) electrons. The van der Waals surface area contributed by atoms with Crippen LogP contribution in [-0.4, -0.2) is 19.6 Å². The first kappa shape index (κ1) is 16.4. The van der Waals surface area contributed by atoms with E-state index in [1.807, 2.05) is 19.9 Å². The lowest BCUT2D eigenvalue weighted by Gasteiger charge is -2.03. The van der Waals surface area contributed by atoms with Crippen molar-refractivity contribution in [2.45, 2.75) is 13.8 Å². The maximum absolute atomic E-state index is 9.63. The number of hydrogen-bond acceptors (Lipinski definition) is 3. The Labute approximate surface area is 81.9 Å². The summed E-state index contributed by atoms with van der Waals surface area (Å²) in [5.74, 6) is 1.27. The van der Waals surface area contributed by atoms with Gasteiger partial charge in [0.05, 0.1) is 0 Å². The third kappa shape index (κ3) is 22.7. The smallest absolute Gasteiger partial charge is 0.302 e. The Bertz CT molecular complexity index is 229. The minimum atomic E-state index is -5.05. The van der Waals surface area contributed by atoms with Crippen molar-refractivity contribution in [1.82, 2.24) is 0 Å². The average molecular weight is 247 g/mol. The molecule has 14 heavy (non-hydrogen) atoms. The highest BCUT2D eigenvalue weighted by molar-refractivity contribution is 7.60. The van der Waals surface area contributed by atoms with E-state index in [9.17, 15) is 9.13 Å². The van der Waals surface area contributed by atoms with Crippen LogP contribution >= 0.6 is 15.6 Å². The SMILES string of the molecule is C=C[C](C)C.O=P(O)(O)OP(=O)(O)O. The fourth-order valence-electron chi connectivity index (χ4n) is 0.139. The van der Waals surface area contributed by atoms with E-state index < -0.39 is 15.6 Å². The highest BCUT2D eigenvalue weighted by Gasteiger charge is 2.27. The van der Waals surface area contributed by atoms with Gasteiger partial charge in [0, 0.05) is 0 Å². The Balaban J connectivity index is 0. The van der Waals surface area contributed by atoms with Gasteiger partial charge in [-0.15, -0.1) is 6.58 Å². The molecule has 0 aromatic rings. The summed E-state index contributed by atoms with van der Waals surface area (Å²) < 4.78 is 22.2. The molecule has 0 aliphatic carbocycles. The molecule has 0 heterocycles. The molecule has 0 fully saturated rings. The summed E-state index contributed by atoms with van der Waals surface area (Å²) in [6.45, 7) is 7.56. The maximum Gasteiger partial charge on any atom is 0.478 e. The molecule has 4 N–H and O–H groups in total. The molecule has 0 saturated carbocycles. The normalized spacial score (nSPS) is 11.9. The molecule has 0 unspecified atom stereocenters. The molecular formula is C5H13O7P2. The van der Waals surface area contributed by atoms with Gasteiger partial charge in [0.25, 0.3) is 0 Å². The Morgan fingerprint density at radius 1 is 1.14 bits per heavy atom. The van der Waals surface area contributed by atoms with E-state index in [0.29, 0.717) is 0 Å².